The van der Waals surface area contributed by atoms with Crippen LogP contribution in [0.4, 0.5) is 5.69 Å². The number of aromatic nitrogens is 2. The second-order valence-electron chi connectivity index (χ2n) is 6.10. The molecule has 0 radical (unpaired) electrons. The van der Waals surface area contributed by atoms with Crippen LogP contribution in [0.3, 0.4) is 0 Å². The zero-order chi connectivity index (χ0) is 19.4. The molecule has 0 N–H and O–H groups in total. The Kier molecular flexibility index (Phi) is 5.56. The lowest BCUT2D eigenvalue weighted by atomic mass is 10.1. The van der Waals surface area contributed by atoms with Crippen molar-refractivity contribution >= 4 is 22.9 Å². The number of thiazole rings is 1. The molecule has 0 saturated heterocycles. The van der Waals surface area contributed by atoms with E-state index in [0.29, 0.717) is 5.69 Å². The topological polar surface area (TPSA) is 89.2 Å². The van der Waals surface area contributed by atoms with Crippen molar-refractivity contribution in [3.63, 3.8) is 0 Å². The van der Waals surface area contributed by atoms with Crippen molar-refractivity contribution in [1.29, 1.82) is 0 Å². The first-order valence-electron chi connectivity index (χ1n) is 8.30. The number of likely N-dealkylation sites (N-methyl/N-ethyl adjacent to an activating group) is 1. The van der Waals surface area contributed by atoms with Crippen molar-refractivity contribution in [2.45, 2.75) is 19.4 Å². The smallest absolute Gasteiger partial charge is 0.269 e. The first-order chi connectivity index (χ1) is 13.0. The van der Waals surface area contributed by atoms with Crippen LogP contribution in [0.15, 0.2) is 54.2 Å². The second-order valence-corrected chi connectivity index (χ2v) is 6.95. The van der Waals surface area contributed by atoms with Crippen molar-refractivity contribution in [3.05, 3.63) is 75.5 Å². The first-order valence-corrected chi connectivity index (χ1v) is 9.18. The lowest BCUT2D eigenvalue weighted by Crippen LogP contribution is -2.31. The van der Waals surface area contributed by atoms with Crippen molar-refractivity contribution in [2.75, 3.05) is 7.05 Å². The summed E-state index contributed by atoms with van der Waals surface area (Å²) in [6.07, 6.45) is 3.61. The predicted molar refractivity (Wildman–Crippen MR) is 103 cm³/mol. The minimum Gasteiger partial charge on any atom is -0.339 e. The highest BCUT2D eigenvalue weighted by Gasteiger charge is 2.20. The molecule has 138 valence electrons. The molecule has 27 heavy (non-hydrogen) atoms. The standard InChI is InChI=1S/C19H18N4O3S/c1-13(14-5-3-7-17(9-14)23(25)26)22(2)18(24)10-16-12-27-19(21-16)15-6-4-8-20-11-15/h3-9,11-13H,10H2,1-2H3/t13-/m0/s1. The molecular formula is C19H18N4O3S. The minimum atomic E-state index is -0.437. The quantitative estimate of drug-likeness (QED) is 0.477. The molecule has 0 unspecified atom stereocenters. The van der Waals surface area contributed by atoms with Crippen LogP contribution in [0.2, 0.25) is 0 Å². The molecule has 3 rings (SSSR count). The summed E-state index contributed by atoms with van der Waals surface area (Å²) in [6.45, 7) is 1.85. The highest BCUT2D eigenvalue weighted by Crippen LogP contribution is 2.25. The molecule has 1 aromatic carbocycles. The summed E-state index contributed by atoms with van der Waals surface area (Å²) >= 11 is 1.47. The van der Waals surface area contributed by atoms with Gasteiger partial charge in [-0.15, -0.1) is 11.3 Å². The Morgan fingerprint density at radius 3 is 2.85 bits per heavy atom. The van der Waals surface area contributed by atoms with E-state index < -0.39 is 4.92 Å². The third kappa shape index (κ3) is 4.35. The van der Waals surface area contributed by atoms with Gasteiger partial charge in [-0.3, -0.25) is 19.9 Å². The number of benzene rings is 1. The van der Waals surface area contributed by atoms with Gasteiger partial charge in [0.15, 0.2) is 0 Å². The zero-order valence-corrected chi connectivity index (χ0v) is 15.7. The lowest BCUT2D eigenvalue weighted by Gasteiger charge is -2.25. The molecule has 0 saturated carbocycles. The number of pyridine rings is 1. The molecule has 2 aromatic heterocycles. The van der Waals surface area contributed by atoms with Crippen LogP contribution in [0, 0.1) is 10.1 Å². The summed E-state index contributed by atoms with van der Waals surface area (Å²) in [6, 6.07) is 9.83. The van der Waals surface area contributed by atoms with E-state index in [-0.39, 0.29) is 24.1 Å². The predicted octanol–water partition coefficient (Wildman–Crippen LogP) is 3.88. The molecule has 1 amide bonds. The van der Waals surface area contributed by atoms with Crippen LogP contribution >= 0.6 is 11.3 Å². The van der Waals surface area contributed by atoms with Gasteiger partial charge >= 0.3 is 0 Å². The van der Waals surface area contributed by atoms with Gasteiger partial charge in [0.05, 0.1) is 23.1 Å². The normalized spacial score (nSPS) is 11.8. The summed E-state index contributed by atoms with van der Waals surface area (Å²) in [4.78, 5) is 33.3. The van der Waals surface area contributed by atoms with Crippen LogP contribution in [-0.4, -0.2) is 32.7 Å². The molecule has 0 aliphatic rings. The van der Waals surface area contributed by atoms with Gasteiger partial charge in [0.2, 0.25) is 5.91 Å². The largest absolute Gasteiger partial charge is 0.339 e. The van der Waals surface area contributed by atoms with Crippen molar-refractivity contribution in [2.24, 2.45) is 0 Å². The van der Waals surface area contributed by atoms with E-state index in [2.05, 4.69) is 9.97 Å². The number of carbonyl (C=O) groups excluding carboxylic acids is 1. The summed E-state index contributed by atoms with van der Waals surface area (Å²) < 4.78 is 0. The van der Waals surface area contributed by atoms with Crippen LogP contribution in [-0.2, 0) is 11.2 Å². The first kappa shape index (κ1) is 18.7. The van der Waals surface area contributed by atoms with Crippen LogP contribution in [0.25, 0.3) is 10.6 Å². The number of nitro groups is 1. The fourth-order valence-electron chi connectivity index (χ4n) is 2.63. The summed E-state index contributed by atoms with van der Waals surface area (Å²) in [5.41, 5.74) is 2.34. The van der Waals surface area contributed by atoms with E-state index in [0.717, 1.165) is 16.1 Å². The maximum Gasteiger partial charge on any atom is 0.269 e. The SMILES string of the molecule is C[C@@H](c1cccc([N+](=O)[O-])c1)N(C)C(=O)Cc1csc(-c2cccnc2)n1. The molecule has 0 fully saturated rings. The van der Waals surface area contributed by atoms with Gasteiger partial charge in [-0.2, -0.15) is 0 Å². The number of hydrogen-bond acceptors (Lipinski definition) is 6. The van der Waals surface area contributed by atoms with Crippen molar-refractivity contribution in [1.82, 2.24) is 14.9 Å². The monoisotopic (exact) mass is 382 g/mol. The Labute approximate surface area is 160 Å². The summed E-state index contributed by atoms with van der Waals surface area (Å²) in [5.74, 6) is -0.1000. The van der Waals surface area contributed by atoms with Gasteiger partial charge in [-0.05, 0) is 24.6 Å². The zero-order valence-electron chi connectivity index (χ0n) is 14.9. The third-order valence-electron chi connectivity index (χ3n) is 4.33. The third-order valence-corrected chi connectivity index (χ3v) is 5.27. The number of amides is 1. The Bertz CT molecular complexity index is 958. The molecule has 0 bridgehead atoms. The van der Waals surface area contributed by atoms with E-state index in [1.54, 1.807) is 36.5 Å². The molecule has 3 aromatic rings. The van der Waals surface area contributed by atoms with Gasteiger partial charge in [-0.25, -0.2) is 4.98 Å². The molecule has 0 spiro atoms. The number of nitrogens with zero attached hydrogens (tertiary/aromatic N) is 4. The van der Waals surface area contributed by atoms with Gasteiger partial charge in [0, 0.05) is 42.5 Å². The van der Waals surface area contributed by atoms with Crippen LogP contribution in [0.5, 0.6) is 0 Å². The average molecular weight is 382 g/mol. The van der Waals surface area contributed by atoms with Crippen LogP contribution in [0.1, 0.15) is 24.2 Å². The Morgan fingerprint density at radius 1 is 1.33 bits per heavy atom. The Hall–Kier alpha value is -3.13. The average Bonchev–Trinajstić information content (AvgIpc) is 3.16. The molecule has 2 heterocycles. The van der Waals surface area contributed by atoms with Crippen molar-refractivity contribution < 1.29 is 9.72 Å². The Balaban J connectivity index is 1.70. The van der Waals surface area contributed by atoms with Crippen molar-refractivity contribution in [3.8, 4) is 10.6 Å². The molecular weight excluding hydrogens is 364 g/mol. The van der Waals surface area contributed by atoms with E-state index in [1.807, 2.05) is 24.4 Å². The maximum absolute atomic E-state index is 12.6. The molecule has 0 aliphatic carbocycles. The van der Waals surface area contributed by atoms with Gasteiger partial charge in [0.25, 0.3) is 5.69 Å². The lowest BCUT2D eigenvalue weighted by molar-refractivity contribution is -0.384. The molecule has 7 nitrogen and oxygen atoms in total. The fourth-order valence-corrected chi connectivity index (χ4v) is 3.44. The fraction of sp³-hybridized carbons (Fsp3) is 0.211. The summed E-state index contributed by atoms with van der Waals surface area (Å²) in [7, 11) is 1.69. The van der Waals surface area contributed by atoms with E-state index in [4.69, 9.17) is 0 Å². The Morgan fingerprint density at radius 2 is 2.15 bits per heavy atom. The summed E-state index contributed by atoms with van der Waals surface area (Å²) in [5, 5.41) is 13.6. The van der Waals surface area contributed by atoms with E-state index in [1.165, 1.54) is 23.5 Å². The molecule has 1 atom stereocenters. The number of carbonyl (C=O) groups is 1. The van der Waals surface area contributed by atoms with Gasteiger partial charge < -0.3 is 4.90 Å². The highest BCUT2D eigenvalue weighted by atomic mass is 32.1. The van der Waals surface area contributed by atoms with Gasteiger partial charge in [-0.1, -0.05) is 12.1 Å². The van der Waals surface area contributed by atoms with Crippen LogP contribution < -0.4 is 0 Å². The maximum atomic E-state index is 12.6. The number of non-ortho nitro benzene ring substituents is 1. The number of nitro benzene ring substituents is 1. The highest BCUT2D eigenvalue weighted by molar-refractivity contribution is 7.13. The van der Waals surface area contributed by atoms with Gasteiger partial charge in [0.1, 0.15) is 5.01 Å². The molecule has 8 heteroatoms. The number of hydrogen-bond donors (Lipinski definition) is 0. The molecule has 0 aliphatic heterocycles. The minimum absolute atomic E-state index is 0.0146. The van der Waals surface area contributed by atoms with E-state index >= 15 is 0 Å². The second kappa shape index (κ2) is 8.05. The number of rotatable bonds is 6. The van der Waals surface area contributed by atoms with E-state index in [9.17, 15) is 14.9 Å².